The van der Waals surface area contributed by atoms with Crippen LogP contribution in [-0.4, -0.2) is 106 Å². The van der Waals surface area contributed by atoms with Crippen molar-refractivity contribution in [2.75, 3.05) is 20.6 Å². The van der Waals surface area contributed by atoms with Gasteiger partial charge in [-0.25, -0.2) is 8.78 Å². The first-order valence-corrected chi connectivity index (χ1v) is 21.1. The summed E-state index contributed by atoms with van der Waals surface area (Å²) in [5, 5.41) is 13.4. The number of aromatic amines is 2. The van der Waals surface area contributed by atoms with Gasteiger partial charge >= 0.3 is 0 Å². The second-order valence-electron chi connectivity index (χ2n) is 16.6. The molecule has 2 aliphatic heterocycles. The number of amides is 4. The molecule has 2 aromatic heterocycles. The molecule has 4 heterocycles. The van der Waals surface area contributed by atoms with E-state index >= 15 is 0 Å². The van der Waals surface area contributed by atoms with Gasteiger partial charge in [0.2, 0.25) is 23.6 Å². The molecule has 1 saturated carbocycles. The van der Waals surface area contributed by atoms with Crippen LogP contribution in [0.15, 0.2) is 36.4 Å². The summed E-state index contributed by atoms with van der Waals surface area (Å²) < 4.78 is 29.7. The van der Waals surface area contributed by atoms with E-state index in [-0.39, 0.29) is 53.5 Å². The van der Waals surface area contributed by atoms with Gasteiger partial charge in [-0.3, -0.25) is 19.2 Å². The summed E-state index contributed by atoms with van der Waals surface area (Å²) in [6, 6.07) is 6.88. The van der Waals surface area contributed by atoms with Crippen molar-refractivity contribution in [2.45, 2.75) is 128 Å². The molecule has 2 unspecified atom stereocenters. The van der Waals surface area contributed by atoms with E-state index in [2.05, 4.69) is 31.2 Å². The van der Waals surface area contributed by atoms with Gasteiger partial charge in [-0.1, -0.05) is 13.8 Å². The molecular formula is C44H58F2N8O4. The number of likely N-dealkylation sites (N-methyl/N-ethyl adjacent to an activating group) is 2. The number of hydrogen-bond donors (Lipinski definition) is 6. The van der Waals surface area contributed by atoms with Crippen molar-refractivity contribution in [3.05, 3.63) is 59.2 Å². The second-order valence-corrected chi connectivity index (χ2v) is 16.6. The molecule has 0 spiro atoms. The molecule has 12 nitrogen and oxygen atoms in total. The maximum Gasteiger partial charge on any atom is 0.245 e. The van der Waals surface area contributed by atoms with Crippen LogP contribution in [0.5, 0.6) is 0 Å². The minimum atomic E-state index is -0.671. The molecule has 8 atom stereocenters. The molecular weight excluding hydrogens is 743 g/mol. The van der Waals surface area contributed by atoms with Gasteiger partial charge in [-0.2, -0.15) is 0 Å². The Bertz CT molecular complexity index is 2180. The topological polar surface area (TPSA) is 154 Å². The second kappa shape index (κ2) is 17.2. The largest absolute Gasteiger partial charge is 0.353 e. The standard InChI is InChI=1S/C44H58F2N8O4/c1-7-34(51-41(55)23(3)47-5)43(57)53-17-9-10-28(53)21-32-30-15-12-26(45)19-36(30)49-39(32)40-33(31-16-13-27(46)20-37(31)50-40)22-38-25-11-14-29(18-25)54(38)44(58)35(8-2)52-42(56)24(4)48-6/h12-13,15-16,19-20,23-25,28-29,34-35,38,47-50H,7-11,14,17-18,21-22H2,1-6H3,(H,51,55)(H,52,56)/t23-,24-,25?,28-,29?,34-,35-,38+/m0/s1. The van der Waals surface area contributed by atoms with Crippen molar-refractivity contribution >= 4 is 45.4 Å². The van der Waals surface area contributed by atoms with Crippen LogP contribution in [-0.2, 0) is 32.0 Å². The number of nitrogens with zero attached hydrogens (tertiary/aromatic N) is 2. The molecule has 312 valence electrons. The van der Waals surface area contributed by atoms with E-state index in [1.165, 1.54) is 24.3 Å². The van der Waals surface area contributed by atoms with E-state index in [4.69, 9.17) is 0 Å². The Morgan fingerprint density at radius 3 is 1.83 bits per heavy atom. The number of aromatic nitrogens is 2. The zero-order valence-corrected chi connectivity index (χ0v) is 34.4. The first kappa shape index (κ1) is 41.3. The van der Waals surface area contributed by atoms with E-state index < -0.39 is 30.0 Å². The molecule has 14 heteroatoms. The fourth-order valence-corrected chi connectivity index (χ4v) is 9.70. The van der Waals surface area contributed by atoms with Crippen molar-refractivity contribution in [3.63, 3.8) is 0 Å². The minimum Gasteiger partial charge on any atom is -0.353 e. The third-order valence-electron chi connectivity index (χ3n) is 13.2. The van der Waals surface area contributed by atoms with Crippen LogP contribution < -0.4 is 21.3 Å². The quantitative estimate of drug-likeness (QED) is 0.0990. The van der Waals surface area contributed by atoms with Gasteiger partial charge in [-0.15, -0.1) is 0 Å². The number of carbonyl (C=O) groups is 4. The predicted molar refractivity (Wildman–Crippen MR) is 221 cm³/mol. The van der Waals surface area contributed by atoms with Crippen LogP contribution in [0.25, 0.3) is 33.2 Å². The normalized spacial score (nSPS) is 22.4. The van der Waals surface area contributed by atoms with Crippen LogP contribution in [0, 0.1) is 17.6 Å². The summed E-state index contributed by atoms with van der Waals surface area (Å²) in [5.74, 6) is -1.20. The molecule has 2 aromatic carbocycles. The lowest BCUT2D eigenvalue weighted by molar-refractivity contribution is -0.140. The molecule has 4 amide bonds. The van der Waals surface area contributed by atoms with Gasteiger partial charge in [0.1, 0.15) is 23.7 Å². The summed E-state index contributed by atoms with van der Waals surface area (Å²) >= 11 is 0. The summed E-state index contributed by atoms with van der Waals surface area (Å²) in [7, 11) is 3.41. The molecule has 4 aromatic rings. The fourth-order valence-electron chi connectivity index (χ4n) is 9.70. The third-order valence-corrected chi connectivity index (χ3v) is 13.2. The number of benzene rings is 2. The smallest absolute Gasteiger partial charge is 0.245 e. The zero-order chi connectivity index (χ0) is 41.4. The van der Waals surface area contributed by atoms with E-state index in [0.717, 1.165) is 65.4 Å². The molecule has 58 heavy (non-hydrogen) atoms. The van der Waals surface area contributed by atoms with E-state index in [0.29, 0.717) is 43.3 Å². The summed E-state index contributed by atoms with van der Waals surface area (Å²) in [6.07, 6.45) is 6.19. The number of halogens is 2. The van der Waals surface area contributed by atoms with E-state index in [1.807, 2.05) is 23.6 Å². The summed E-state index contributed by atoms with van der Waals surface area (Å²) in [4.78, 5) is 65.2. The van der Waals surface area contributed by atoms with E-state index in [9.17, 15) is 28.0 Å². The van der Waals surface area contributed by atoms with Crippen molar-refractivity contribution in [1.82, 2.24) is 41.0 Å². The predicted octanol–water partition coefficient (Wildman–Crippen LogP) is 5.06. The number of fused-ring (bicyclic) bond motifs is 4. The van der Waals surface area contributed by atoms with Crippen LogP contribution >= 0.6 is 0 Å². The minimum absolute atomic E-state index is 0.0666. The van der Waals surface area contributed by atoms with Crippen molar-refractivity contribution in [1.29, 1.82) is 0 Å². The first-order valence-electron chi connectivity index (χ1n) is 21.1. The molecule has 2 saturated heterocycles. The SMILES string of the molecule is CC[C@H](NC(=O)[C@H](C)NC)C(=O)N1CCC[C@H]1Cc1c(-c2[nH]c3cc(F)ccc3c2C[C@@H]2C3CCC(C3)N2C(=O)[C@H](CC)NC(=O)[C@H](C)NC)[nH]c2cc(F)ccc12. The Morgan fingerprint density at radius 1 is 0.759 bits per heavy atom. The molecule has 3 fully saturated rings. The number of hydrogen-bond acceptors (Lipinski definition) is 6. The summed E-state index contributed by atoms with van der Waals surface area (Å²) in [6.45, 7) is 7.86. The zero-order valence-electron chi connectivity index (χ0n) is 34.4. The maximum atomic E-state index is 14.9. The molecule has 7 rings (SSSR count). The Labute approximate surface area is 338 Å². The maximum absolute atomic E-state index is 14.9. The van der Waals surface area contributed by atoms with Crippen molar-refractivity contribution in [2.24, 2.45) is 5.92 Å². The highest BCUT2D eigenvalue weighted by Crippen LogP contribution is 2.46. The van der Waals surface area contributed by atoms with Gasteiger partial charge in [0.25, 0.3) is 0 Å². The van der Waals surface area contributed by atoms with Crippen molar-refractivity contribution in [3.8, 4) is 11.4 Å². The lowest BCUT2D eigenvalue weighted by Gasteiger charge is -2.38. The number of nitrogens with one attached hydrogen (secondary N) is 6. The third kappa shape index (κ3) is 7.84. The van der Waals surface area contributed by atoms with Crippen LogP contribution in [0.3, 0.4) is 0 Å². The summed E-state index contributed by atoms with van der Waals surface area (Å²) in [5.41, 5.74) is 4.51. The number of likely N-dealkylation sites (tertiary alicyclic amines) is 2. The van der Waals surface area contributed by atoms with Gasteiger partial charge in [0, 0.05) is 46.5 Å². The average Bonchev–Trinajstić information content (AvgIpc) is 4.07. The van der Waals surface area contributed by atoms with Crippen molar-refractivity contribution < 1.29 is 28.0 Å². The average molecular weight is 801 g/mol. The van der Waals surface area contributed by atoms with Crippen LogP contribution in [0.4, 0.5) is 8.78 Å². The highest BCUT2D eigenvalue weighted by Gasteiger charge is 2.49. The van der Waals surface area contributed by atoms with E-state index in [1.54, 1.807) is 40.1 Å². The Morgan fingerprint density at radius 2 is 1.29 bits per heavy atom. The lowest BCUT2D eigenvalue weighted by atomic mass is 9.89. The Kier molecular flexibility index (Phi) is 12.3. The van der Waals surface area contributed by atoms with Gasteiger partial charge in [0.15, 0.2) is 0 Å². The molecule has 3 aliphatic rings. The molecule has 0 radical (unpaired) electrons. The van der Waals surface area contributed by atoms with Gasteiger partial charge in [0.05, 0.1) is 23.5 Å². The lowest BCUT2D eigenvalue weighted by Crippen LogP contribution is -2.56. The fraction of sp³-hybridized carbons (Fsp3) is 0.545. The van der Waals surface area contributed by atoms with Crippen LogP contribution in [0.1, 0.15) is 83.8 Å². The highest BCUT2D eigenvalue weighted by molar-refractivity contribution is 5.97. The Balaban J connectivity index is 1.27. The number of carbonyl (C=O) groups excluding carboxylic acids is 4. The van der Waals surface area contributed by atoms with Gasteiger partial charge in [-0.05, 0) is 139 Å². The van der Waals surface area contributed by atoms with Crippen LogP contribution in [0.2, 0.25) is 0 Å². The molecule has 1 aliphatic carbocycles. The first-order chi connectivity index (χ1) is 27.9. The van der Waals surface area contributed by atoms with Gasteiger partial charge < -0.3 is 41.0 Å². The number of H-pyrrole nitrogens is 2. The number of rotatable bonds is 15. The highest BCUT2D eigenvalue weighted by atomic mass is 19.1. The Hall–Kier alpha value is -4.82. The monoisotopic (exact) mass is 800 g/mol. The molecule has 6 N–H and O–H groups in total. The molecule has 2 bridgehead atoms. The number of piperidine rings is 1.